The van der Waals surface area contributed by atoms with E-state index in [4.69, 9.17) is 20.8 Å². The van der Waals surface area contributed by atoms with Crippen LogP contribution in [0.1, 0.15) is 52.2 Å². The number of carbonyl (C=O) groups is 2. The smallest absolute Gasteiger partial charge is 0.243 e. The SMILES string of the molecule is COc1ccc(C(=O)c2oc3ccccc3c2NCC(=O)c2cccc(S(=O)(=O)N3CCCCCC3)c2)cc1Cl. The molecule has 8 nitrogen and oxygen atoms in total. The number of carbonyl (C=O) groups excluding carboxylic acids is 2. The third-order valence-electron chi connectivity index (χ3n) is 7.00. The Morgan fingerprint density at radius 1 is 0.950 bits per heavy atom. The molecule has 1 fully saturated rings. The van der Waals surface area contributed by atoms with Gasteiger partial charge in [0.05, 0.1) is 29.3 Å². The van der Waals surface area contributed by atoms with Crippen molar-refractivity contribution in [3.8, 4) is 5.75 Å². The third-order valence-corrected chi connectivity index (χ3v) is 9.19. The number of hydrogen-bond acceptors (Lipinski definition) is 7. The predicted octanol–water partition coefficient (Wildman–Crippen LogP) is 6.19. The quantitative estimate of drug-likeness (QED) is 0.235. The first kappa shape index (κ1) is 27.9. The highest BCUT2D eigenvalue weighted by Gasteiger charge is 2.27. The summed E-state index contributed by atoms with van der Waals surface area (Å²) in [6, 6.07) is 17.9. The Bertz CT molecular complexity index is 1670. The van der Waals surface area contributed by atoms with Gasteiger partial charge in [-0.3, -0.25) is 9.59 Å². The molecule has 1 aliphatic rings. The van der Waals surface area contributed by atoms with Crippen molar-refractivity contribution < 1.29 is 27.2 Å². The van der Waals surface area contributed by atoms with Gasteiger partial charge in [0.15, 0.2) is 11.5 Å². The number of furan rings is 1. The maximum atomic E-state index is 13.4. The molecule has 1 aliphatic heterocycles. The van der Waals surface area contributed by atoms with Gasteiger partial charge >= 0.3 is 0 Å². The van der Waals surface area contributed by atoms with Crippen molar-refractivity contribution in [2.75, 3.05) is 32.1 Å². The number of anilines is 1. The van der Waals surface area contributed by atoms with Gasteiger partial charge in [-0.2, -0.15) is 4.31 Å². The first-order valence-corrected chi connectivity index (χ1v) is 14.9. The number of hydrogen-bond donors (Lipinski definition) is 1. The van der Waals surface area contributed by atoms with Gasteiger partial charge in [0.2, 0.25) is 15.8 Å². The monoisotopic (exact) mass is 580 g/mol. The van der Waals surface area contributed by atoms with E-state index in [1.807, 2.05) is 0 Å². The van der Waals surface area contributed by atoms with E-state index in [0.717, 1.165) is 25.7 Å². The number of ether oxygens (including phenoxy) is 1. The van der Waals surface area contributed by atoms with Crippen LogP contribution >= 0.6 is 11.6 Å². The normalized spacial score (nSPS) is 14.6. The van der Waals surface area contributed by atoms with Crippen LogP contribution in [0.25, 0.3) is 11.0 Å². The zero-order valence-electron chi connectivity index (χ0n) is 22.0. The number of halogens is 1. The highest BCUT2D eigenvalue weighted by Crippen LogP contribution is 2.34. The summed E-state index contributed by atoms with van der Waals surface area (Å²) in [6.45, 7) is 0.776. The second-order valence-electron chi connectivity index (χ2n) is 9.60. The largest absolute Gasteiger partial charge is 0.495 e. The minimum Gasteiger partial charge on any atom is -0.495 e. The maximum absolute atomic E-state index is 13.4. The van der Waals surface area contributed by atoms with Gasteiger partial charge in [-0.1, -0.05) is 48.7 Å². The van der Waals surface area contributed by atoms with Crippen molar-refractivity contribution in [3.05, 3.63) is 88.6 Å². The van der Waals surface area contributed by atoms with Crippen molar-refractivity contribution in [1.29, 1.82) is 0 Å². The van der Waals surface area contributed by atoms with Crippen molar-refractivity contribution >= 4 is 49.8 Å². The van der Waals surface area contributed by atoms with Gasteiger partial charge < -0.3 is 14.5 Å². The predicted molar refractivity (Wildman–Crippen MR) is 154 cm³/mol. The van der Waals surface area contributed by atoms with Crippen LogP contribution in [0.5, 0.6) is 5.75 Å². The number of sulfonamides is 1. The summed E-state index contributed by atoms with van der Waals surface area (Å²) in [4.78, 5) is 26.8. The summed E-state index contributed by atoms with van der Waals surface area (Å²) in [6.07, 6.45) is 3.66. The molecule has 10 heteroatoms. The van der Waals surface area contributed by atoms with Crippen LogP contribution in [0.15, 0.2) is 76.0 Å². The number of Topliss-reactive ketones (excluding diaryl/α,β-unsaturated/α-hetero) is 1. The Morgan fingerprint density at radius 2 is 1.70 bits per heavy atom. The highest BCUT2D eigenvalue weighted by atomic mass is 35.5. The molecule has 40 heavy (non-hydrogen) atoms. The number of methoxy groups -OCH3 is 1. The number of rotatable bonds is 9. The number of nitrogens with one attached hydrogen (secondary N) is 1. The van der Waals surface area contributed by atoms with E-state index in [-0.39, 0.29) is 33.6 Å². The fourth-order valence-corrected chi connectivity index (χ4v) is 6.67. The fraction of sp³-hybridized carbons (Fsp3) is 0.267. The minimum absolute atomic E-state index is 0.0349. The van der Waals surface area contributed by atoms with Crippen LogP contribution in [0.2, 0.25) is 5.02 Å². The lowest BCUT2D eigenvalue weighted by Gasteiger charge is -2.20. The standard InChI is InChI=1S/C30H29ClN2O6S/c1-38-27-14-13-21(18-24(27)31)29(35)30-28(23-11-4-5-12-26(23)39-30)32-19-25(34)20-9-8-10-22(17-20)40(36,37)33-15-6-2-3-7-16-33/h4-5,8-14,17-18,32H,2-3,6-7,15-16,19H2,1H3. The third kappa shape index (κ3) is 5.63. The number of benzene rings is 3. The summed E-state index contributed by atoms with van der Waals surface area (Å²) in [5, 5.41) is 3.99. The summed E-state index contributed by atoms with van der Waals surface area (Å²) in [5.74, 6) is -0.273. The van der Waals surface area contributed by atoms with Gasteiger partial charge in [-0.15, -0.1) is 0 Å². The second-order valence-corrected chi connectivity index (χ2v) is 11.9. The summed E-state index contributed by atoms with van der Waals surface area (Å²) in [7, 11) is -2.22. The Labute approximate surface area is 237 Å². The number of fused-ring (bicyclic) bond motifs is 1. The van der Waals surface area contributed by atoms with Crippen LogP contribution in [-0.2, 0) is 10.0 Å². The lowest BCUT2D eigenvalue weighted by Crippen LogP contribution is -2.32. The molecule has 1 saturated heterocycles. The van der Waals surface area contributed by atoms with Crippen LogP contribution in [0, 0.1) is 0 Å². The molecule has 0 saturated carbocycles. The van der Waals surface area contributed by atoms with Crippen LogP contribution in [0.4, 0.5) is 5.69 Å². The molecular formula is C30H29ClN2O6S. The molecule has 0 unspecified atom stereocenters. The van der Waals surface area contributed by atoms with E-state index < -0.39 is 15.8 Å². The molecule has 0 amide bonds. The van der Waals surface area contributed by atoms with Crippen LogP contribution in [-0.4, -0.2) is 51.0 Å². The van der Waals surface area contributed by atoms with Gasteiger partial charge in [-0.25, -0.2) is 8.42 Å². The average molecular weight is 581 g/mol. The topological polar surface area (TPSA) is 106 Å². The molecular weight excluding hydrogens is 552 g/mol. The molecule has 1 aromatic heterocycles. The van der Waals surface area contributed by atoms with E-state index in [0.29, 0.717) is 41.1 Å². The molecule has 2 heterocycles. The van der Waals surface area contributed by atoms with E-state index in [1.165, 1.54) is 29.6 Å². The Balaban J connectivity index is 1.40. The molecule has 0 atom stereocenters. The van der Waals surface area contributed by atoms with Crippen LogP contribution < -0.4 is 10.1 Å². The Kier molecular flexibility index (Phi) is 8.25. The fourth-order valence-electron chi connectivity index (χ4n) is 4.85. The average Bonchev–Trinajstić information content (AvgIpc) is 3.12. The summed E-state index contributed by atoms with van der Waals surface area (Å²) in [5.41, 5.74) is 1.40. The zero-order chi connectivity index (χ0) is 28.3. The summed E-state index contributed by atoms with van der Waals surface area (Å²) < 4.78 is 39.1. The molecule has 4 aromatic rings. The Hall–Kier alpha value is -3.66. The van der Waals surface area contributed by atoms with Crippen molar-refractivity contribution in [2.45, 2.75) is 30.6 Å². The van der Waals surface area contributed by atoms with Gasteiger partial charge in [0.25, 0.3) is 0 Å². The highest BCUT2D eigenvalue weighted by molar-refractivity contribution is 7.89. The van der Waals surface area contributed by atoms with Crippen LogP contribution in [0.3, 0.4) is 0 Å². The van der Waals surface area contributed by atoms with E-state index in [2.05, 4.69) is 5.32 Å². The van der Waals surface area contributed by atoms with Gasteiger partial charge in [-0.05, 0) is 55.3 Å². The molecule has 208 valence electrons. The molecule has 0 aliphatic carbocycles. The zero-order valence-corrected chi connectivity index (χ0v) is 23.6. The van der Waals surface area contributed by atoms with Crippen molar-refractivity contribution in [2.24, 2.45) is 0 Å². The molecule has 1 N–H and O–H groups in total. The number of ketones is 2. The summed E-state index contributed by atoms with van der Waals surface area (Å²) >= 11 is 6.24. The van der Waals surface area contributed by atoms with E-state index in [9.17, 15) is 18.0 Å². The molecule has 3 aromatic carbocycles. The Morgan fingerprint density at radius 3 is 2.42 bits per heavy atom. The first-order valence-electron chi connectivity index (χ1n) is 13.1. The first-order chi connectivity index (χ1) is 19.3. The lowest BCUT2D eigenvalue weighted by atomic mass is 10.1. The minimum atomic E-state index is -3.70. The molecule has 5 rings (SSSR count). The van der Waals surface area contributed by atoms with E-state index in [1.54, 1.807) is 48.5 Å². The molecule has 0 bridgehead atoms. The molecule has 0 radical (unpaired) electrons. The number of nitrogens with zero attached hydrogens (tertiary/aromatic N) is 1. The van der Waals surface area contributed by atoms with Crippen molar-refractivity contribution in [1.82, 2.24) is 4.31 Å². The molecule has 0 spiro atoms. The maximum Gasteiger partial charge on any atom is 0.243 e. The van der Waals surface area contributed by atoms with Crippen molar-refractivity contribution in [3.63, 3.8) is 0 Å². The lowest BCUT2D eigenvalue weighted by molar-refractivity contribution is 0.0997. The number of para-hydroxylation sites is 1. The van der Waals surface area contributed by atoms with E-state index >= 15 is 0 Å². The van der Waals surface area contributed by atoms with Gasteiger partial charge in [0.1, 0.15) is 11.3 Å². The second kappa shape index (κ2) is 11.8. The van der Waals surface area contributed by atoms with Gasteiger partial charge in [0, 0.05) is 29.6 Å².